The molecule has 0 saturated carbocycles. The molecule has 0 aliphatic rings. The lowest BCUT2D eigenvalue weighted by Gasteiger charge is -2.05. The number of benzene rings is 1. The first kappa shape index (κ1) is 13.0. The molecule has 0 unspecified atom stereocenters. The van der Waals surface area contributed by atoms with E-state index in [0.29, 0.717) is 5.56 Å². The van der Waals surface area contributed by atoms with E-state index < -0.39 is 21.7 Å². The third-order valence-electron chi connectivity index (χ3n) is 1.87. The second kappa shape index (κ2) is 5.33. The van der Waals surface area contributed by atoms with Crippen LogP contribution in [0.3, 0.4) is 0 Å². The van der Waals surface area contributed by atoms with Gasteiger partial charge in [-0.25, -0.2) is 21.9 Å². The maximum Gasteiger partial charge on any atom is 0.213 e. The third-order valence-corrected chi connectivity index (χ3v) is 3.22. The van der Waals surface area contributed by atoms with Crippen molar-refractivity contribution in [3.63, 3.8) is 0 Å². The van der Waals surface area contributed by atoms with Gasteiger partial charge in [0, 0.05) is 13.1 Å². The van der Waals surface area contributed by atoms with Crippen LogP contribution in [-0.2, 0) is 16.6 Å². The third kappa shape index (κ3) is 3.84. The summed E-state index contributed by atoms with van der Waals surface area (Å²) in [5, 5.41) is 0. The number of hydrogen-bond donors (Lipinski definition) is 2. The van der Waals surface area contributed by atoms with E-state index in [-0.39, 0.29) is 18.8 Å². The van der Waals surface area contributed by atoms with Gasteiger partial charge in [0.15, 0.2) is 11.6 Å². The monoisotopic (exact) mass is 250 g/mol. The second-order valence-corrected chi connectivity index (χ2v) is 5.10. The fourth-order valence-corrected chi connectivity index (χ4v) is 1.91. The van der Waals surface area contributed by atoms with E-state index in [4.69, 9.17) is 5.73 Å². The van der Waals surface area contributed by atoms with Crippen LogP contribution in [0.5, 0.6) is 0 Å². The molecule has 0 radical (unpaired) electrons. The van der Waals surface area contributed by atoms with E-state index in [0.717, 1.165) is 12.1 Å². The summed E-state index contributed by atoms with van der Waals surface area (Å²) in [7, 11) is -3.44. The Morgan fingerprint density at radius 1 is 1.25 bits per heavy atom. The van der Waals surface area contributed by atoms with Gasteiger partial charge in [-0.05, 0) is 17.7 Å². The van der Waals surface area contributed by atoms with Gasteiger partial charge in [0.25, 0.3) is 0 Å². The van der Waals surface area contributed by atoms with E-state index in [9.17, 15) is 17.2 Å². The molecular weight excluding hydrogens is 238 g/mol. The molecular formula is C9H12F2N2O2S. The maximum atomic E-state index is 12.8. The van der Waals surface area contributed by atoms with Crippen LogP contribution in [0.1, 0.15) is 5.56 Å². The average molecular weight is 250 g/mol. The van der Waals surface area contributed by atoms with Gasteiger partial charge in [0.1, 0.15) is 0 Å². The van der Waals surface area contributed by atoms with E-state index >= 15 is 0 Å². The fraction of sp³-hybridized carbons (Fsp3) is 0.333. The van der Waals surface area contributed by atoms with Gasteiger partial charge < -0.3 is 5.73 Å². The van der Waals surface area contributed by atoms with Gasteiger partial charge in [-0.1, -0.05) is 6.07 Å². The van der Waals surface area contributed by atoms with Crippen LogP contribution < -0.4 is 10.5 Å². The van der Waals surface area contributed by atoms with Gasteiger partial charge in [0.2, 0.25) is 10.0 Å². The molecule has 90 valence electrons. The zero-order valence-electron chi connectivity index (χ0n) is 8.41. The summed E-state index contributed by atoms with van der Waals surface area (Å²) in [5.41, 5.74) is 5.45. The summed E-state index contributed by atoms with van der Waals surface area (Å²) in [4.78, 5) is 0. The van der Waals surface area contributed by atoms with E-state index in [1.54, 1.807) is 0 Å². The predicted octanol–water partition coefficient (Wildman–Crippen LogP) is 0.343. The highest BCUT2D eigenvalue weighted by Crippen LogP contribution is 2.08. The van der Waals surface area contributed by atoms with Crippen molar-refractivity contribution in [2.45, 2.75) is 6.54 Å². The summed E-state index contributed by atoms with van der Waals surface area (Å²) in [6.45, 7) is -0.0767. The van der Waals surface area contributed by atoms with Crippen molar-refractivity contribution >= 4 is 10.0 Å². The molecule has 0 amide bonds. The summed E-state index contributed by atoms with van der Waals surface area (Å²) in [6.07, 6.45) is 0. The van der Waals surface area contributed by atoms with E-state index in [2.05, 4.69) is 4.72 Å². The molecule has 0 aliphatic carbocycles. The number of halogens is 2. The number of nitrogens with one attached hydrogen (secondary N) is 1. The smallest absolute Gasteiger partial charge is 0.213 e. The highest BCUT2D eigenvalue weighted by Gasteiger charge is 2.09. The Morgan fingerprint density at radius 3 is 2.50 bits per heavy atom. The molecule has 3 N–H and O–H groups in total. The number of sulfonamides is 1. The highest BCUT2D eigenvalue weighted by atomic mass is 32.2. The first-order valence-corrected chi connectivity index (χ1v) is 6.21. The standard InChI is InChI=1S/C9H12F2N2O2S/c10-8-2-1-7(5-9(8)11)6-13-16(14,15)4-3-12/h1-2,5,13H,3-4,6,12H2. The molecule has 0 saturated heterocycles. The number of rotatable bonds is 5. The van der Waals surface area contributed by atoms with Crippen molar-refractivity contribution in [1.29, 1.82) is 0 Å². The largest absolute Gasteiger partial charge is 0.329 e. The molecule has 1 aromatic carbocycles. The summed E-state index contributed by atoms with van der Waals surface area (Å²) in [6, 6.07) is 3.20. The molecule has 0 atom stereocenters. The van der Waals surface area contributed by atoms with E-state index in [1.807, 2.05) is 0 Å². The molecule has 0 aromatic heterocycles. The minimum atomic E-state index is -3.44. The first-order chi connectivity index (χ1) is 7.44. The Labute approximate surface area is 92.5 Å². The summed E-state index contributed by atoms with van der Waals surface area (Å²) >= 11 is 0. The molecule has 4 nitrogen and oxygen atoms in total. The van der Waals surface area contributed by atoms with Crippen molar-refractivity contribution < 1.29 is 17.2 Å². The Balaban J connectivity index is 2.65. The quantitative estimate of drug-likeness (QED) is 0.791. The van der Waals surface area contributed by atoms with Gasteiger partial charge in [-0.3, -0.25) is 0 Å². The zero-order valence-corrected chi connectivity index (χ0v) is 9.23. The predicted molar refractivity (Wildman–Crippen MR) is 56.0 cm³/mol. The van der Waals surface area contributed by atoms with Crippen molar-refractivity contribution in [2.75, 3.05) is 12.3 Å². The lowest BCUT2D eigenvalue weighted by Crippen LogP contribution is -2.29. The molecule has 0 bridgehead atoms. The normalized spacial score (nSPS) is 11.7. The topological polar surface area (TPSA) is 72.2 Å². The molecule has 0 heterocycles. The van der Waals surface area contributed by atoms with Crippen LogP contribution in [-0.4, -0.2) is 20.7 Å². The lowest BCUT2D eigenvalue weighted by atomic mass is 10.2. The van der Waals surface area contributed by atoms with Crippen LogP contribution >= 0.6 is 0 Å². The molecule has 1 rings (SSSR count). The molecule has 16 heavy (non-hydrogen) atoms. The maximum absolute atomic E-state index is 12.8. The first-order valence-electron chi connectivity index (χ1n) is 4.56. The van der Waals surface area contributed by atoms with Gasteiger partial charge >= 0.3 is 0 Å². The summed E-state index contributed by atoms with van der Waals surface area (Å²) in [5.74, 6) is -2.17. The van der Waals surface area contributed by atoms with Crippen molar-refractivity contribution in [1.82, 2.24) is 4.72 Å². The van der Waals surface area contributed by atoms with Crippen LogP contribution in [0.15, 0.2) is 18.2 Å². The molecule has 1 aromatic rings. The van der Waals surface area contributed by atoms with Crippen LogP contribution in [0.2, 0.25) is 0 Å². The van der Waals surface area contributed by atoms with Crippen LogP contribution in [0.25, 0.3) is 0 Å². The van der Waals surface area contributed by atoms with Crippen LogP contribution in [0, 0.1) is 11.6 Å². The molecule has 0 aliphatic heterocycles. The van der Waals surface area contributed by atoms with Crippen molar-refractivity contribution in [2.24, 2.45) is 5.73 Å². The average Bonchev–Trinajstić information content (AvgIpc) is 2.20. The molecule has 0 fully saturated rings. The van der Waals surface area contributed by atoms with Gasteiger partial charge in [-0.2, -0.15) is 0 Å². The van der Waals surface area contributed by atoms with Crippen LogP contribution in [0.4, 0.5) is 8.78 Å². The number of nitrogens with two attached hydrogens (primary N) is 1. The highest BCUT2D eigenvalue weighted by molar-refractivity contribution is 7.89. The Bertz CT molecular complexity index is 463. The molecule has 7 heteroatoms. The van der Waals surface area contributed by atoms with Crippen molar-refractivity contribution in [3.05, 3.63) is 35.4 Å². The Morgan fingerprint density at radius 2 is 1.94 bits per heavy atom. The van der Waals surface area contributed by atoms with Crippen molar-refractivity contribution in [3.8, 4) is 0 Å². The minimum Gasteiger partial charge on any atom is -0.329 e. The van der Waals surface area contributed by atoms with E-state index in [1.165, 1.54) is 6.07 Å². The van der Waals surface area contributed by atoms with Gasteiger partial charge in [0.05, 0.1) is 5.75 Å². The lowest BCUT2D eigenvalue weighted by molar-refractivity contribution is 0.506. The number of hydrogen-bond acceptors (Lipinski definition) is 3. The fourth-order valence-electron chi connectivity index (χ4n) is 1.07. The SMILES string of the molecule is NCCS(=O)(=O)NCc1ccc(F)c(F)c1. The second-order valence-electron chi connectivity index (χ2n) is 3.18. The summed E-state index contributed by atoms with van der Waals surface area (Å²) < 4.78 is 50.0. The van der Waals surface area contributed by atoms with Gasteiger partial charge in [-0.15, -0.1) is 0 Å². The molecule has 0 spiro atoms. The zero-order chi connectivity index (χ0) is 12.2. The Kier molecular flexibility index (Phi) is 4.34. The minimum absolute atomic E-state index is 0.00706. The Hall–Kier alpha value is -1.05.